The van der Waals surface area contributed by atoms with Gasteiger partial charge in [-0.2, -0.15) is 0 Å². The number of furan rings is 1. The monoisotopic (exact) mass is 168 g/mol. The van der Waals surface area contributed by atoms with Crippen LogP contribution in [0, 0.1) is 0 Å². The maximum atomic E-state index is 9.42. The van der Waals surface area contributed by atoms with Crippen LogP contribution in [-0.2, 0) is 6.42 Å². The van der Waals surface area contributed by atoms with Gasteiger partial charge >= 0.3 is 0 Å². The Morgan fingerprint density at radius 2 is 2.33 bits per heavy atom. The van der Waals surface area contributed by atoms with Crippen LogP contribution in [0.2, 0.25) is 0 Å². The highest BCUT2D eigenvalue weighted by Crippen LogP contribution is 2.08. The third kappa shape index (κ3) is 3.09. The van der Waals surface area contributed by atoms with Crippen molar-refractivity contribution < 1.29 is 9.52 Å². The van der Waals surface area contributed by atoms with Gasteiger partial charge in [-0.25, -0.2) is 0 Å². The van der Waals surface area contributed by atoms with E-state index in [1.165, 1.54) is 5.56 Å². The summed E-state index contributed by atoms with van der Waals surface area (Å²) >= 11 is 0. The zero-order valence-electron chi connectivity index (χ0n) is 7.49. The van der Waals surface area contributed by atoms with Gasteiger partial charge in [0.1, 0.15) is 0 Å². The van der Waals surface area contributed by atoms with E-state index >= 15 is 0 Å². The lowest BCUT2D eigenvalue weighted by Gasteiger charge is -2.06. The van der Waals surface area contributed by atoms with Crippen molar-refractivity contribution in [3.05, 3.63) is 24.2 Å². The van der Waals surface area contributed by atoms with Crippen molar-refractivity contribution in [1.82, 2.24) is 0 Å². The van der Waals surface area contributed by atoms with Crippen LogP contribution >= 0.6 is 0 Å². The van der Waals surface area contributed by atoms with Crippen molar-refractivity contribution in [3.63, 3.8) is 0 Å². The van der Waals surface area contributed by atoms with E-state index in [0.29, 0.717) is 0 Å². The molecule has 0 aromatic carbocycles. The molecule has 1 heterocycles. The Morgan fingerprint density at radius 3 is 2.92 bits per heavy atom. The normalized spacial score (nSPS) is 13.2. The fraction of sp³-hybridized carbons (Fsp3) is 0.600. The van der Waals surface area contributed by atoms with Crippen LogP contribution in [0.25, 0.3) is 0 Å². The minimum atomic E-state index is -0.148. The summed E-state index contributed by atoms with van der Waals surface area (Å²) in [4.78, 5) is 0. The van der Waals surface area contributed by atoms with E-state index in [0.717, 1.165) is 25.7 Å². The molecule has 0 amide bonds. The van der Waals surface area contributed by atoms with Crippen LogP contribution in [0.5, 0.6) is 0 Å². The number of aliphatic hydroxyl groups excluding tert-OH is 1. The molecular weight excluding hydrogens is 152 g/mol. The van der Waals surface area contributed by atoms with Crippen LogP contribution in [0.15, 0.2) is 23.0 Å². The van der Waals surface area contributed by atoms with Crippen LogP contribution in [-0.4, -0.2) is 11.2 Å². The molecule has 12 heavy (non-hydrogen) atoms. The SMILES string of the molecule is CCCC(O)CCc1ccoc1. The van der Waals surface area contributed by atoms with Gasteiger partial charge in [0, 0.05) is 0 Å². The summed E-state index contributed by atoms with van der Waals surface area (Å²) in [7, 11) is 0. The van der Waals surface area contributed by atoms with Crippen LogP contribution in [0.1, 0.15) is 31.7 Å². The Balaban J connectivity index is 2.17. The van der Waals surface area contributed by atoms with Crippen LogP contribution < -0.4 is 0 Å². The highest BCUT2D eigenvalue weighted by Gasteiger charge is 2.03. The zero-order valence-corrected chi connectivity index (χ0v) is 7.49. The molecule has 0 fully saturated rings. The Bertz CT molecular complexity index is 192. The van der Waals surface area contributed by atoms with E-state index in [1.807, 2.05) is 6.07 Å². The summed E-state index contributed by atoms with van der Waals surface area (Å²) in [5.74, 6) is 0. The number of aliphatic hydroxyl groups is 1. The highest BCUT2D eigenvalue weighted by molar-refractivity contribution is 5.05. The molecule has 0 aliphatic carbocycles. The minimum absolute atomic E-state index is 0.148. The quantitative estimate of drug-likeness (QED) is 0.732. The van der Waals surface area contributed by atoms with Gasteiger partial charge in [-0.15, -0.1) is 0 Å². The second-order valence-corrected chi connectivity index (χ2v) is 3.11. The van der Waals surface area contributed by atoms with Crippen molar-refractivity contribution in [2.24, 2.45) is 0 Å². The first-order valence-electron chi connectivity index (χ1n) is 4.52. The van der Waals surface area contributed by atoms with Crippen molar-refractivity contribution >= 4 is 0 Å². The molecule has 2 nitrogen and oxygen atoms in total. The lowest BCUT2D eigenvalue weighted by Crippen LogP contribution is -2.06. The van der Waals surface area contributed by atoms with E-state index < -0.39 is 0 Å². The molecular formula is C10H16O2. The lowest BCUT2D eigenvalue weighted by molar-refractivity contribution is 0.154. The molecule has 1 aromatic rings. The zero-order chi connectivity index (χ0) is 8.81. The first-order valence-corrected chi connectivity index (χ1v) is 4.52. The van der Waals surface area contributed by atoms with E-state index in [4.69, 9.17) is 4.42 Å². The van der Waals surface area contributed by atoms with Gasteiger partial charge in [0.15, 0.2) is 0 Å². The molecule has 0 aliphatic rings. The third-order valence-electron chi connectivity index (χ3n) is 1.97. The Kier molecular flexibility index (Phi) is 3.88. The fourth-order valence-electron chi connectivity index (χ4n) is 1.25. The Morgan fingerprint density at radius 1 is 1.50 bits per heavy atom. The standard InChI is InChI=1S/C10H16O2/c1-2-3-10(11)5-4-9-6-7-12-8-9/h6-8,10-11H,2-5H2,1H3. The average Bonchev–Trinajstić information content (AvgIpc) is 2.53. The van der Waals surface area contributed by atoms with Gasteiger partial charge in [-0.3, -0.25) is 0 Å². The number of rotatable bonds is 5. The van der Waals surface area contributed by atoms with Crippen LogP contribution in [0.4, 0.5) is 0 Å². The predicted octanol–water partition coefficient (Wildman–Crippen LogP) is 2.37. The highest BCUT2D eigenvalue weighted by atomic mass is 16.3. The second-order valence-electron chi connectivity index (χ2n) is 3.11. The van der Waals surface area contributed by atoms with Gasteiger partial charge in [0.25, 0.3) is 0 Å². The van der Waals surface area contributed by atoms with Crippen molar-refractivity contribution in [3.8, 4) is 0 Å². The predicted molar refractivity (Wildman–Crippen MR) is 47.9 cm³/mol. The van der Waals surface area contributed by atoms with Crippen molar-refractivity contribution in [2.75, 3.05) is 0 Å². The van der Waals surface area contributed by atoms with Crippen molar-refractivity contribution in [2.45, 2.75) is 38.7 Å². The first kappa shape index (κ1) is 9.33. The molecule has 0 radical (unpaired) electrons. The molecule has 68 valence electrons. The molecule has 0 spiro atoms. The molecule has 1 N–H and O–H groups in total. The maximum Gasteiger partial charge on any atom is 0.0934 e. The smallest absolute Gasteiger partial charge is 0.0934 e. The Hall–Kier alpha value is -0.760. The molecule has 1 atom stereocenters. The first-order chi connectivity index (χ1) is 5.83. The van der Waals surface area contributed by atoms with Gasteiger partial charge in [-0.05, 0) is 30.9 Å². The van der Waals surface area contributed by atoms with E-state index in [2.05, 4.69) is 6.92 Å². The van der Waals surface area contributed by atoms with E-state index in [9.17, 15) is 5.11 Å². The topological polar surface area (TPSA) is 33.4 Å². The third-order valence-corrected chi connectivity index (χ3v) is 1.97. The van der Waals surface area contributed by atoms with Crippen LogP contribution in [0.3, 0.4) is 0 Å². The molecule has 1 rings (SSSR count). The van der Waals surface area contributed by atoms with Gasteiger partial charge < -0.3 is 9.52 Å². The summed E-state index contributed by atoms with van der Waals surface area (Å²) in [6.45, 7) is 2.08. The molecule has 1 aromatic heterocycles. The second kappa shape index (κ2) is 4.99. The fourth-order valence-corrected chi connectivity index (χ4v) is 1.25. The molecule has 0 aliphatic heterocycles. The number of hydrogen-bond donors (Lipinski definition) is 1. The Labute approximate surface area is 73.2 Å². The summed E-state index contributed by atoms with van der Waals surface area (Å²) in [6.07, 6.45) is 6.96. The summed E-state index contributed by atoms with van der Waals surface area (Å²) < 4.78 is 4.93. The number of hydrogen-bond acceptors (Lipinski definition) is 2. The van der Waals surface area contributed by atoms with Gasteiger partial charge in [0.2, 0.25) is 0 Å². The summed E-state index contributed by atoms with van der Waals surface area (Å²) in [6, 6.07) is 1.94. The molecule has 0 bridgehead atoms. The summed E-state index contributed by atoms with van der Waals surface area (Å²) in [5, 5.41) is 9.42. The van der Waals surface area contributed by atoms with Gasteiger partial charge in [0.05, 0.1) is 18.6 Å². The van der Waals surface area contributed by atoms with Gasteiger partial charge in [-0.1, -0.05) is 13.3 Å². The molecule has 0 saturated carbocycles. The maximum absolute atomic E-state index is 9.42. The summed E-state index contributed by atoms with van der Waals surface area (Å²) in [5.41, 5.74) is 1.17. The minimum Gasteiger partial charge on any atom is -0.472 e. The van der Waals surface area contributed by atoms with E-state index in [1.54, 1.807) is 12.5 Å². The average molecular weight is 168 g/mol. The number of aryl methyl sites for hydroxylation is 1. The molecule has 1 unspecified atom stereocenters. The molecule has 0 saturated heterocycles. The largest absolute Gasteiger partial charge is 0.472 e. The lowest BCUT2D eigenvalue weighted by atomic mass is 10.1. The van der Waals surface area contributed by atoms with Crippen molar-refractivity contribution in [1.29, 1.82) is 0 Å². The van der Waals surface area contributed by atoms with E-state index in [-0.39, 0.29) is 6.10 Å². The molecule has 2 heteroatoms.